The van der Waals surface area contributed by atoms with Crippen LogP contribution in [0.3, 0.4) is 0 Å². The summed E-state index contributed by atoms with van der Waals surface area (Å²) in [5.41, 5.74) is 0. The maximum atomic E-state index is 11.6. The Morgan fingerprint density at radius 2 is 1.55 bits per heavy atom. The number of amides is 1. The van der Waals surface area contributed by atoms with E-state index >= 15 is 0 Å². The second kappa shape index (κ2) is 11.5. The summed E-state index contributed by atoms with van der Waals surface area (Å²) in [4.78, 5) is 23.1. The van der Waals surface area contributed by atoms with E-state index in [4.69, 9.17) is 9.66 Å². The van der Waals surface area contributed by atoms with Crippen LogP contribution < -0.4 is 0 Å². The van der Waals surface area contributed by atoms with E-state index < -0.39 is 21.8 Å². The van der Waals surface area contributed by atoms with Gasteiger partial charge in [-0.05, 0) is 12.8 Å². The molecule has 0 radical (unpaired) electrons. The molecular formula is C11H22NNaO6S. The molecule has 9 heteroatoms. The Morgan fingerprint density at radius 1 is 1.05 bits per heavy atom. The average Bonchev–Trinajstić information content (AvgIpc) is 2.28. The van der Waals surface area contributed by atoms with E-state index in [1.54, 1.807) is 0 Å². The van der Waals surface area contributed by atoms with Crippen LogP contribution in [-0.2, 0) is 19.7 Å². The van der Waals surface area contributed by atoms with Crippen molar-refractivity contribution in [2.45, 2.75) is 38.5 Å². The molecule has 0 atom stereocenters. The molecule has 0 aliphatic heterocycles. The van der Waals surface area contributed by atoms with Crippen molar-refractivity contribution < 1.29 is 27.7 Å². The van der Waals surface area contributed by atoms with Crippen LogP contribution >= 0.6 is 0 Å². The molecule has 0 aliphatic carbocycles. The van der Waals surface area contributed by atoms with Crippen LogP contribution in [0.5, 0.6) is 0 Å². The van der Waals surface area contributed by atoms with Crippen molar-refractivity contribution in [3.63, 3.8) is 0 Å². The monoisotopic (exact) mass is 319 g/mol. The van der Waals surface area contributed by atoms with Gasteiger partial charge in [-0.1, -0.05) is 12.8 Å². The van der Waals surface area contributed by atoms with E-state index in [-0.39, 0.29) is 48.4 Å². The fourth-order valence-corrected chi connectivity index (χ4v) is 1.98. The number of carboxylic acids is 1. The van der Waals surface area contributed by atoms with E-state index in [1.165, 1.54) is 11.9 Å². The van der Waals surface area contributed by atoms with Crippen LogP contribution in [-0.4, -0.2) is 83.8 Å². The first-order chi connectivity index (χ1) is 8.72. The van der Waals surface area contributed by atoms with Gasteiger partial charge in [0.2, 0.25) is 5.91 Å². The molecule has 0 aromatic rings. The van der Waals surface area contributed by atoms with Gasteiger partial charge in [0, 0.05) is 26.4 Å². The summed E-state index contributed by atoms with van der Waals surface area (Å²) < 4.78 is 29.6. The van der Waals surface area contributed by atoms with Crippen LogP contribution in [0, 0.1) is 0 Å². The number of carbonyl (C=O) groups excluding carboxylic acids is 1. The van der Waals surface area contributed by atoms with Crippen molar-refractivity contribution in [2.24, 2.45) is 0 Å². The van der Waals surface area contributed by atoms with Crippen molar-refractivity contribution in [3.05, 3.63) is 0 Å². The van der Waals surface area contributed by atoms with Crippen molar-refractivity contribution in [2.75, 3.05) is 19.3 Å². The number of hydrogen-bond acceptors (Lipinski definition) is 4. The second-order valence-electron chi connectivity index (χ2n) is 4.41. The van der Waals surface area contributed by atoms with E-state index in [1.807, 2.05) is 0 Å². The standard InChI is InChI=1S/C11H21NO6S.Na.H/c1-12(8-9-19(16,17)18)10(13)6-4-2-3-5-7-11(14)15;;/h2-9H2,1H3,(H,14,15)(H,16,17,18);;. The second-order valence-corrected chi connectivity index (χ2v) is 5.98. The normalized spacial score (nSPS) is 10.7. The molecule has 0 aliphatic rings. The van der Waals surface area contributed by atoms with E-state index in [0.29, 0.717) is 19.3 Å². The zero-order valence-corrected chi connectivity index (χ0v) is 11.9. The van der Waals surface area contributed by atoms with Gasteiger partial charge >= 0.3 is 35.5 Å². The third kappa shape index (κ3) is 14.3. The predicted molar refractivity (Wildman–Crippen MR) is 76.5 cm³/mol. The van der Waals surface area contributed by atoms with Gasteiger partial charge in [-0.2, -0.15) is 8.42 Å². The van der Waals surface area contributed by atoms with Crippen molar-refractivity contribution >= 4 is 51.6 Å². The summed E-state index contributed by atoms with van der Waals surface area (Å²) in [5.74, 6) is -1.46. The molecule has 114 valence electrons. The molecule has 0 heterocycles. The molecule has 0 saturated carbocycles. The molecule has 20 heavy (non-hydrogen) atoms. The summed E-state index contributed by atoms with van der Waals surface area (Å²) in [5, 5.41) is 8.43. The van der Waals surface area contributed by atoms with Crippen LogP contribution in [0.25, 0.3) is 0 Å². The Balaban J connectivity index is 0. The first-order valence-electron chi connectivity index (χ1n) is 6.13. The van der Waals surface area contributed by atoms with Gasteiger partial charge < -0.3 is 10.0 Å². The molecule has 0 unspecified atom stereocenters. The number of unbranched alkanes of at least 4 members (excludes halogenated alkanes) is 3. The molecule has 0 aromatic heterocycles. The molecule has 0 aromatic carbocycles. The maximum absolute atomic E-state index is 11.6. The molecule has 0 saturated heterocycles. The number of carboxylic acid groups (broad SMARTS) is 1. The summed E-state index contributed by atoms with van der Waals surface area (Å²) in [6.45, 7) is -0.0311. The quantitative estimate of drug-likeness (QED) is 0.336. The summed E-state index contributed by atoms with van der Waals surface area (Å²) in [6, 6.07) is 0. The number of nitrogens with zero attached hydrogens (tertiary/aromatic N) is 1. The molecule has 0 fully saturated rings. The zero-order chi connectivity index (χ0) is 14.9. The first kappa shape index (κ1) is 22.1. The number of aliphatic carboxylic acids is 1. The number of rotatable bonds is 10. The van der Waals surface area contributed by atoms with Gasteiger partial charge in [0.15, 0.2) is 0 Å². The topological polar surface area (TPSA) is 112 Å². The Labute approximate surface area is 141 Å². The molecule has 2 N–H and O–H groups in total. The zero-order valence-electron chi connectivity index (χ0n) is 11.0. The third-order valence-corrected chi connectivity index (χ3v) is 3.34. The fourth-order valence-electron chi connectivity index (χ4n) is 1.47. The van der Waals surface area contributed by atoms with Crippen LogP contribution in [0.1, 0.15) is 38.5 Å². The summed E-state index contributed by atoms with van der Waals surface area (Å²) in [7, 11) is -2.56. The fraction of sp³-hybridized carbons (Fsp3) is 0.818. The number of carbonyl (C=O) groups is 2. The average molecular weight is 319 g/mol. The van der Waals surface area contributed by atoms with Gasteiger partial charge in [-0.25, -0.2) is 0 Å². The first-order valence-corrected chi connectivity index (χ1v) is 7.74. The van der Waals surface area contributed by atoms with Gasteiger partial charge in [0.05, 0.1) is 5.75 Å². The minimum atomic E-state index is -4.04. The number of hydrogen-bond donors (Lipinski definition) is 2. The van der Waals surface area contributed by atoms with E-state index in [2.05, 4.69) is 0 Å². The molecule has 7 nitrogen and oxygen atoms in total. The molecule has 0 bridgehead atoms. The Kier molecular flexibility index (Phi) is 12.7. The molecule has 0 spiro atoms. The van der Waals surface area contributed by atoms with Gasteiger partial charge in [-0.15, -0.1) is 0 Å². The predicted octanol–water partition coefficient (Wildman–Crippen LogP) is 0.109. The van der Waals surface area contributed by atoms with E-state index in [0.717, 1.165) is 12.8 Å². The van der Waals surface area contributed by atoms with Gasteiger partial charge in [-0.3, -0.25) is 14.1 Å². The van der Waals surface area contributed by atoms with Crippen LogP contribution in [0.15, 0.2) is 0 Å². The van der Waals surface area contributed by atoms with Crippen LogP contribution in [0.2, 0.25) is 0 Å². The summed E-state index contributed by atoms with van der Waals surface area (Å²) >= 11 is 0. The Bertz CT molecular complexity index is 398. The van der Waals surface area contributed by atoms with Gasteiger partial charge in [0.1, 0.15) is 0 Å². The molecular weight excluding hydrogens is 297 g/mol. The summed E-state index contributed by atoms with van der Waals surface area (Å²) in [6.07, 6.45) is 3.22. The Morgan fingerprint density at radius 3 is 2.00 bits per heavy atom. The molecule has 1 amide bonds. The Hall–Kier alpha value is -0.150. The SMILES string of the molecule is CN(CCS(=O)(=O)O)C(=O)CCCCCCC(=O)O.[NaH]. The van der Waals surface area contributed by atoms with E-state index in [9.17, 15) is 18.0 Å². The third-order valence-electron chi connectivity index (χ3n) is 2.64. The van der Waals surface area contributed by atoms with Crippen molar-refractivity contribution in [1.29, 1.82) is 0 Å². The van der Waals surface area contributed by atoms with Gasteiger partial charge in [0.25, 0.3) is 10.1 Å². The minimum absolute atomic E-state index is 0. The van der Waals surface area contributed by atoms with Crippen LogP contribution in [0.4, 0.5) is 0 Å². The van der Waals surface area contributed by atoms with Crippen molar-refractivity contribution in [1.82, 2.24) is 4.90 Å². The van der Waals surface area contributed by atoms with Crippen molar-refractivity contribution in [3.8, 4) is 0 Å². The molecule has 0 rings (SSSR count).